The zero-order chi connectivity index (χ0) is 23.7. The molecule has 1 saturated heterocycles. The van der Waals surface area contributed by atoms with E-state index >= 15 is 0 Å². The van der Waals surface area contributed by atoms with Crippen LogP contribution in [0.25, 0.3) is 33.3 Å². The average Bonchev–Trinajstić information content (AvgIpc) is 3.48. The summed E-state index contributed by atoms with van der Waals surface area (Å²) in [5, 5.41) is 23.2. The third kappa shape index (κ3) is 3.42. The van der Waals surface area contributed by atoms with Gasteiger partial charge in [0.2, 0.25) is 11.6 Å². The Hall–Kier alpha value is -2.85. The van der Waals surface area contributed by atoms with E-state index in [1.165, 1.54) is 0 Å². The Bertz CT molecular complexity index is 1410. The van der Waals surface area contributed by atoms with Gasteiger partial charge >= 0.3 is 0 Å². The molecule has 0 unspecified atom stereocenters. The number of hydrogen-bond acceptors (Lipinski definition) is 6. The Morgan fingerprint density at radius 3 is 2.65 bits per heavy atom. The number of aliphatic hydroxyl groups excluding tert-OH is 1. The number of aryl methyl sites for hydroxylation is 1. The Balaban J connectivity index is 1.34. The smallest absolute Gasteiger partial charge is 0.248 e. The molecule has 1 saturated carbocycles. The molecule has 11 heteroatoms. The van der Waals surface area contributed by atoms with Crippen LogP contribution in [0.4, 0.5) is 14.6 Å². The van der Waals surface area contributed by atoms with Gasteiger partial charge in [0.05, 0.1) is 22.8 Å². The maximum Gasteiger partial charge on any atom is 0.248 e. The van der Waals surface area contributed by atoms with E-state index in [1.807, 2.05) is 30.3 Å². The second-order valence-corrected chi connectivity index (χ2v) is 9.98. The summed E-state index contributed by atoms with van der Waals surface area (Å²) < 4.78 is 29.4. The van der Waals surface area contributed by atoms with Crippen LogP contribution in [0.15, 0.2) is 18.3 Å². The molecule has 2 fully saturated rings. The number of nitrogens with zero attached hydrogens (tertiary/aromatic N) is 6. The summed E-state index contributed by atoms with van der Waals surface area (Å²) in [6.07, 6.45) is 3.72. The molecule has 6 rings (SSSR count). The summed E-state index contributed by atoms with van der Waals surface area (Å²) in [4.78, 5) is 11.4. The lowest BCUT2D eigenvalue weighted by molar-refractivity contribution is -0.00683. The van der Waals surface area contributed by atoms with Crippen molar-refractivity contribution in [1.82, 2.24) is 29.9 Å². The molecular formula is C23H24ClF2N7O. The molecule has 1 aliphatic heterocycles. The summed E-state index contributed by atoms with van der Waals surface area (Å²) in [6.45, 7) is 0.909. The van der Waals surface area contributed by atoms with Gasteiger partial charge in [-0.1, -0.05) is 11.6 Å². The van der Waals surface area contributed by atoms with E-state index < -0.39 is 5.92 Å². The first-order valence-corrected chi connectivity index (χ1v) is 11.8. The number of rotatable bonds is 3. The monoisotopic (exact) mass is 487 g/mol. The lowest BCUT2D eigenvalue weighted by Gasteiger charge is -2.40. The zero-order valence-electron chi connectivity index (χ0n) is 18.7. The number of alkyl halides is 2. The van der Waals surface area contributed by atoms with Crippen molar-refractivity contribution in [1.29, 1.82) is 0 Å². The minimum Gasteiger partial charge on any atom is -0.390 e. The van der Waals surface area contributed by atoms with E-state index in [9.17, 15) is 13.9 Å². The van der Waals surface area contributed by atoms with Crippen molar-refractivity contribution >= 4 is 39.5 Å². The van der Waals surface area contributed by atoms with Crippen molar-refractivity contribution in [3.63, 3.8) is 0 Å². The number of nitrogens with one attached hydrogen (secondary N) is 1. The Labute approximate surface area is 198 Å². The highest BCUT2D eigenvalue weighted by molar-refractivity contribution is 6.38. The van der Waals surface area contributed by atoms with Gasteiger partial charge in [0.25, 0.3) is 0 Å². The fourth-order valence-corrected chi connectivity index (χ4v) is 5.87. The molecule has 0 radical (unpaired) electrons. The predicted molar refractivity (Wildman–Crippen MR) is 125 cm³/mol. The molecule has 1 aromatic carbocycles. The molecule has 1 aliphatic carbocycles. The van der Waals surface area contributed by atoms with Crippen molar-refractivity contribution in [2.45, 2.75) is 44.6 Å². The predicted octanol–water partition coefficient (Wildman–Crippen LogP) is 4.46. The van der Waals surface area contributed by atoms with Gasteiger partial charge in [0.15, 0.2) is 5.82 Å². The maximum absolute atomic E-state index is 13.9. The summed E-state index contributed by atoms with van der Waals surface area (Å²) in [5.74, 6) is -2.00. The van der Waals surface area contributed by atoms with E-state index in [0.29, 0.717) is 65.7 Å². The molecule has 4 heterocycles. The molecule has 3 aromatic heterocycles. The maximum atomic E-state index is 13.9. The lowest BCUT2D eigenvalue weighted by atomic mass is 9.77. The van der Waals surface area contributed by atoms with Crippen molar-refractivity contribution in [2.75, 3.05) is 18.0 Å². The molecule has 178 valence electrons. The SMILES string of the molecule is Cn1cc2c(Cl)c(-c3[nH]nc4nc(N5CCC6(CC5)CCC(F)(F)C6)c(CO)nc34)ccc2n1. The number of fused-ring (bicyclic) bond motifs is 2. The summed E-state index contributed by atoms with van der Waals surface area (Å²) in [5.41, 5.74) is 3.19. The first-order chi connectivity index (χ1) is 16.3. The quantitative estimate of drug-likeness (QED) is 0.443. The van der Waals surface area contributed by atoms with Crippen LogP contribution in [0.1, 0.15) is 37.8 Å². The fraction of sp³-hybridized carbons (Fsp3) is 0.478. The lowest BCUT2D eigenvalue weighted by Crippen LogP contribution is -2.40. The number of aromatic nitrogens is 6. The highest BCUT2D eigenvalue weighted by atomic mass is 35.5. The highest BCUT2D eigenvalue weighted by Crippen LogP contribution is 2.53. The van der Waals surface area contributed by atoms with Crippen LogP contribution in [0.5, 0.6) is 0 Å². The normalized spacial score (nSPS) is 19.6. The third-order valence-corrected chi connectivity index (χ3v) is 7.78. The second-order valence-electron chi connectivity index (χ2n) is 9.61. The van der Waals surface area contributed by atoms with Gasteiger partial charge in [0, 0.05) is 50.1 Å². The molecule has 1 spiro atoms. The van der Waals surface area contributed by atoms with E-state index in [-0.39, 0.29) is 24.9 Å². The molecule has 0 bridgehead atoms. The van der Waals surface area contributed by atoms with Gasteiger partial charge in [0.1, 0.15) is 11.2 Å². The second kappa shape index (κ2) is 7.58. The first kappa shape index (κ1) is 21.7. The summed E-state index contributed by atoms with van der Waals surface area (Å²) in [7, 11) is 1.84. The molecule has 0 atom stereocenters. The van der Waals surface area contributed by atoms with Gasteiger partial charge in [-0.25, -0.2) is 18.7 Å². The topological polar surface area (TPSA) is 95.8 Å². The number of aliphatic hydroxyl groups is 1. The van der Waals surface area contributed by atoms with Crippen molar-refractivity contribution in [3.05, 3.63) is 29.0 Å². The fourth-order valence-electron chi connectivity index (χ4n) is 5.57. The number of anilines is 1. The molecule has 4 aromatic rings. The highest BCUT2D eigenvalue weighted by Gasteiger charge is 2.50. The van der Waals surface area contributed by atoms with Crippen LogP contribution in [-0.2, 0) is 13.7 Å². The van der Waals surface area contributed by atoms with Gasteiger partial charge in [-0.15, -0.1) is 0 Å². The average molecular weight is 488 g/mol. The van der Waals surface area contributed by atoms with Crippen molar-refractivity contribution in [3.8, 4) is 11.3 Å². The van der Waals surface area contributed by atoms with Crippen LogP contribution < -0.4 is 4.90 Å². The van der Waals surface area contributed by atoms with Gasteiger partial charge in [-0.3, -0.25) is 9.78 Å². The van der Waals surface area contributed by atoms with Crippen LogP contribution >= 0.6 is 11.6 Å². The van der Waals surface area contributed by atoms with Crippen LogP contribution in [-0.4, -0.2) is 54.1 Å². The van der Waals surface area contributed by atoms with Crippen LogP contribution in [0.3, 0.4) is 0 Å². The van der Waals surface area contributed by atoms with Gasteiger partial charge in [-0.2, -0.15) is 10.2 Å². The summed E-state index contributed by atoms with van der Waals surface area (Å²) >= 11 is 6.69. The van der Waals surface area contributed by atoms with Crippen molar-refractivity contribution < 1.29 is 13.9 Å². The standard InChI is InChI=1S/C23H24ClF2N7O/c1-32-10-14-15(31-32)3-2-13(17(14)24)18-19-20(30-29-18)28-21(16(11-34)27-19)33-8-6-22(7-9-33)4-5-23(25,26)12-22/h2-3,10,34H,4-9,11-12H2,1H3,(H,28,29,30). The number of H-pyrrole nitrogens is 1. The first-order valence-electron chi connectivity index (χ1n) is 11.4. The minimum absolute atomic E-state index is 0.0237. The van der Waals surface area contributed by atoms with E-state index in [4.69, 9.17) is 21.6 Å². The molecular weight excluding hydrogens is 464 g/mol. The van der Waals surface area contributed by atoms with Crippen LogP contribution in [0.2, 0.25) is 5.02 Å². The zero-order valence-corrected chi connectivity index (χ0v) is 19.4. The van der Waals surface area contributed by atoms with E-state index in [1.54, 1.807) is 4.68 Å². The number of hydrogen-bond donors (Lipinski definition) is 2. The largest absolute Gasteiger partial charge is 0.390 e. The third-order valence-electron chi connectivity index (χ3n) is 7.37. The number of halogens is 3. The number of aromatic amines is 1. The van der Waals surface area contributed by atoms with E-state index in [2.05, 4.69) is 15.3 Å². The van der Waals surface area contributed by atoms with Gasteiger partial charge < -0.3 is 10.0 Å². The molecule has 2 N–H and O–H groups in total. The molecule has 34 heavy (non-hydrogen) atoms. The summed E-state index contributed by atoms with van der Waals surface area (Å²) in [6, 6.07) is 3.74. The number of piperidine rings is 1. The molecule has 0 amide bonds. The van der Waals surface area contributed by atoms with Gasteiger partial charge in [-0.05, 0) is 36.8 Å². The van der Waals surface area contributed by atoms with Crippen LogP contribution in [0, 0.1) is 5.41 Å². The molecule has 2 aliphatic rings. The van der Waals surface area contributed by atoms with E-state index in [0.717, 1.165) is 16.5 Å². The Morgan fingerprint density at radius 1 is 1.15 bits per heavy atom. The Kier molecular flexibility index (Phi) is 4.83. The molecule has 8 nitrogen and oxygen atoms in total. The van der Waals surface area contributed by atoms with Crippen molar-refractivity contribution in [2.24, 2.45) is 12.5 Å². The Morgan fingerprint density at radius 2 is 1.94 bits per heavy atom. The minimum atomic E-state index is -2.55. The number of benzene rings is 1.